The standard InChI is InChI=1S/C24H33NO/c1-4-23-9-8-18-17-7-6-16(26)11-15(17)10-14(3)21(18)22(23)19-12-20(19)24(23,5-2)13-25/h11,14,17-22H,4-10,12H2,1-3H3/t14-,17-,18+,19+,20-,21+,22-,23-,24-/m0/s1. The summed E-state index contributed by atoms with van der Waals surface area (Å²) in [6.45, 7) is 7.11. The topological polar surface area (TPSA) is 40.9 Å². The first kappa shape index (κ1) is 17.0. The van der Waals surface area contributed by atoms with Crippen molar-refractivity contribution in [1.29, 1.82) is 5.26 Å². The van der Waals surface area contributed by atoms with Crippen LogP contribution in [0.15, 0.2) is 11.6 Å². The number of fused-ring (bicyclic) bond motifs is 7. The molecule has 26 heavy (non-hydrogen) atoms. The van der Waals surface area contributed by atoms with E-state index >= 15 is 0 Å². The SMILES string of the molecule is CC[C@]12CC[C@H]3[C@H]([C@@H]1[C@@H]1C[C@@H]1[C@@]2(C#N)CC)[C@@H](C)CC1=CC(=O)CC[C@@H]13. The Hall–Kier alpha value is -1.10. The largest absolute Gasteiger partial charge is 0.295 e. The van der Waals surface area contributed by atoms with Crippen LogP contribution in [0.3, 0.4) is 0 Å². The number of rotatable bonds is 2. The lowest BCUT2D eigenvalue weighted by Crippen LogP contribution is -2.54. The van der Waals surface area contributed by atoms with Crippen LogP contribution in [0.2, 0.25) is 0 Å². The maximum Gasteiger partial charge on any atom is 0.155 e. The van der Waals surface area contributed by atoms with Gasteiger partial charge in [0.25, 0.3) is 0 Å². The molecule has 0 N–H and O–H groups in total. The van der Waals surface area contributed by atoms with Crippen molar-refractivity contribution >= 4 is 5.78 Å². The average molecular weight is 352 g/mol. The third-order valence-electron chi connectivity index (χ3n) is 9.94. The molecule has 2 nitrogen and oxygen atoms in total. The first-order valence-electron chi connectivity index (χ1n) is 11.2. The van der Waals surface area contributed by atoms with Crippen LogP contribution in [0.1, 0.15) is 72.1 Å². The number of hydrogen-bond donors (Lipinski definition) is 0. The lowest BCUT2D eigenvalue weighted by molar-refractivity contribution is -0.117. The molecular weight excluding hydrogens is 318 g/mol. The van der Waals surface area contributed by atoms with Crippen molar-refractivity contribution < 1.29 is 4.79 Å². The molecule has 140 valence electrons. The fourth-order valence-corrected chi connectivity index (χ4v) is 9.12. The lowest BCUT2D eigenvalue weighted by Gasteiger charge is -2.60. The number of carbonyl (C=O) groups excluding carboxylic acids is 1. The summed E-state index contributed by atoms with van der Waals surface area (Å²) in [5, 5.41) is 10.3. The summed E-state index contributed by atoms with van der Waals surface area (Å²) < 4.78 is 0. The molecule has 0 aromatic heterocycles. The van der Waals surface area contributed by atoms with Crippen LogP contribution in [0, 0.1) is 63.6 Å². The fraction of sp³-hybridized carbons (Fsp3) is 0.833. The Morgan fingerprint density at radius 2 is 2.04 bits per heavy atom. The number of hydrogen-bond acceptors (Lipinski definition) is 2. The van der Waals surface area contributed by atoms with Gasteiger partial charge in [0.15, 0.2) is 5.78 Å². The van der Waals surface area contributed by atoms with Crippen molar-refractivity contribution in [2.24, 2.45) is 52.3 Å². The van der Waals surface area contributed by atoms with Crippen molar-refractivity contribution in [2.45, 2.75) is 72.1 Å². The van der Waals surface area contributed by atoms with Gasteiger partial charge in [0.1, 0.15) is 0 Å². The third-order valence-corrected chi connectivity index (χ3v) is 9.94. The molecule has 9 atom stereocenters. The van der Waals surface area contributed by atoms with Gasteiger partial charge in [-0.15, -0.1) is 0 Å². The predicted octanol–water partition coefficient (Wildman–Crippen LogP) is 5.54. The van der Waals surface area contributed by atoms with E-state index in [4.69, 9.17) is 0 Å². The minimum absolute atomic E-state index is 0.0551. The van der Waals surface area contributed by atoms with E-state index in [2.05, 4.69) is 26.8 Å². The quantitative estimate of drug-likeness (QED) is 0.655. The van der Waals surface area contributed by atoms with E-state index in [0.29, 0.717) is 23.5 Å². The number of nitriles is 1. The smallest absolute Gasteiger partial charge is 0.155 e. The van der Waals surface area contributed by atoms with Gasteiger partial charge in [0, 0.05) is 6.42 Å². The van der Waals surface area contributed by atoms with Crippen LogP contribution < -0.4 is 0 Å². The van der Waals surface area contributed by atoms with Crippen molar-refractivity contribution in [1.82, 2.24) is 0 Å². The van der Waals surface area contributed by atoms with Crippen molar-refractivity contribution in [3.63, 3.8) is 0 Å². The van der Waals surface area contributed by atoms with Gasteiger partial charge >= 0.3 is 0 Å². The molecule has 0 aliphatic heterocycles. The van der Waals surface area contributed by atoms with E-state index < -0.39 is 0 Å². The molecule has 4 fully saturated rings. The molecular formula is C24H33NO. The molecule has 0 saturated heterocycles. The number of ketones is 1. The minimum Gasteiger partial charge on any atom is -0.295 e. The zero-order valence-electron chi connectivity index (χ0n) is 16.6. The summed E-state index contributed by atoms with van der Waals surface area (Å²) >= 11 is 0. The Bertz CT molecular complexity index is 716. The van der Waals surface area contributed by atoms with E-state index in [1.54, 1.807) is 0 Å². The van der Waals surface area contributed by atoms with E-state index in [0.717, 1.165) is 49.4 Å². The predicted molar refractivity (Wildman–Crippen MR) is 102 cm³/mol. The maximum atomic E-state index is 12.0. The Morgan fingerprint density at radius 1 is 1.23 bits per heavy atom. The summed E-state index contributed by atoms with van der Waals surface area (Å²) in [5.41, 5.74) is 1.69. The molecule has 0 heterocycles. The molecule has 5 aliphatic carbocycles. The molecule has 0 aromatic rings. The van der Waals surface area contributed by atoms with E-state index in [9.17, 15) is 10.1 Å². The maximum absolute atomic E-state index is 12.0. The number of allylic oxidation sites excluding steroid dienone is 1. The normalized spacial score (nSPS) is 54.3. The molecule has 0 unspecified atom stereocenters. The lowest BCUT2D eigenvalue weighted by atomic mass is 9.44. The van der Waals surface area contributed by atoms with Crippen LogP contribution >= 0.6 is 0 Å². The Labute approximate surface area is 158 Å². The van der Waals surface area contributed by atoms with Crippen LogP contribution in [0.4, 0.5) is 0 Å². The Kier molecular flexibility index (Phi) is 3.58. The summed E-state index contributed by atoms with van der Waals surface area (Å²) in [5.74, 6) is 5.53. The van der Waals surface area contributed by atoms with E-state index in [1.165, 1.54) is 31.3 Å². The molecule has 5 aliphatic rings. The second-order valence-corrected chi connectivity index (χ2v) is 10.3. The molecule has 0 bridgehead atoms. The van der Waals surface area contributed by atoms with E-state index in [-0.39, 0.29) is 10.8 Å². The van der Waals surface area contributed by atoms with Gasteiger partial charge in [0.2, 0.25) is 0 Å². The highest BCUT2D eigenvalue weighted by Crippen LogP contribution is 2.81. The van der Waals surface area contributed by atoms with Crippen LogP contribution in [-0.2, 0) is 4.79 Å². The fourth-order valence-electron chi connectivity index (χ4n) is 9.12. The highest BCUT2D eigenvalue weighted by molar-refractivity contribution is 5.91. The van der Waals surface area contributed by atoms with Gasteiger partial charge in [-0.05, 0) is 97.9 Å². The van der Waals surface area contributed by atoms with Gasteiger partial charge in [0.05, 0.1) is 11.5 Å². The summed E-state index contributed by atoms with van der Waals surface area (Å²) in [7, 11) is 0. The minimum atomic E-state index is -0.0551. The van der Waals surface area contributed by atoms with Crippen LogP contribution in [-0.4, -0.2) is 5.78 Å². The van der Waals surface area contributed by atoms with Crippen molar-refractivity contribution in [3.05, 3.63) is 11.6 Å². The van der Waals surface area contributed by atoms with Gasteiger partial charge in [-0.3, -0.25) is 4.79 Å². The Balaban J connectivity index is 1.58. The molecule has 0 spiro atoms. The molecule has 0 aromatic carbocycles. The molecule has 2 heteroatoms. The second-order valence-electron chi connectivity index (χ2n) is 10.3. The number of carbonyl (C=O) groups is 1. The zero-order valence-corrected chi connectivity index (χ0v) is 16.6. The van der Waals surface area contributed by atoms with Crippen LogP contribution in [0.25, 0.3) is 0 Å². The van der Waals surface area contributed by atoms with E-state index in [1.807, 2.05) is 6.08 Å². The molecule has 0 radical (unpaired) electrons. The van der Waals surface area contributed by atoms with Gasteiger partial charge in [-0.2, -0.15) is 5.26 Å². The third kappa shape index (κ3) is 1.81. The monoisotopic (exact) mass is 351 g/mol. The summed E-state index contributed by atoms with van der Waals surface area (Å²) in [6.07, 6.45) is 11.1. The molecule has 0 amide bonds. The molecule has 4 saturated carbocycles. The summed E-state index contributed by atoms with van der Waals surface area (Å²) in [4.78, 5) is 12.0. The van der Waals surface area contributed by atoms with Gasteiger partial charge < -0.3 is 0 Å². The van der Waals surface area contributed by atoms with Crippen molar-refractivity contribution in [2.75, 3.05) is 0 Å². The Morgan fingerprint density at radius 3 is 2.73 bits per heavy atom. The highest BCUT2D eigenvalue weighted by atomic mass is 16.1. The summed E-state index contributed by atoms with van der Waals surface area (Å²) in [6, 6.07) is 2.93. The number of nitrogens with zero attached hydrogens (tertiary/aromatic N) is 1. The van der Waals surface area contributed by atoms with Crippen molar-refractivity contribution in [3.8, 4) is 6.07 Å². The zero-order chi connectivity index (χ0) is 18.3. The molecule has 5 rings (SSSR count). The van der Waals surface area contributed by atoms with Gasteiger partial charge in [-0.25, -0.2) is 0 Å². The van der Waals surface area contributed by atoms with Crippen LogP contribution in [0.5, 0.6) is 0 Å². The second kappa shape index (κ2) is 5.46. The first-order valence-corrected chi connectivity index (χ1v) is 11.2. The average Bonchev–Trinajstić information content (AvgIpc) is 3.39. The van der Waals surface area contributed by atoms with Gasteiger partial charge in [-0.1, -0.05) is 26.3 Å². The first-order chi connectivity index (χ1) is 12.5. The highest BCUT2D eigenvalue weighted by Gasteiger charge is 2.76.